The molecule has 134 heavy (non-hydrogen) atoms. The third-order valence-corrected chi connectivity index (χ3v) is 29.3. The number of benzene rings is 16. The summed E-state index contributed by atoms with van der Waals surface area (Å²) in [6, 6.07) is 131. The van der Waals surface area contributed by atoms with Gasteiger partial charge in [-0.05, 0) is 427 Å². The van der Waals surface area contributed by atoms with Crippen molar-refractivity contribution in [3.8, 4) is 56.0 Å². The largest absolute Gasteiger partial charge is 0.449 e. The first-order valence-corrected chi connectivity index (χ1v) is 48.6. The van der Waals surface area contributed by atoms with Crippen LogP contribution in [0, 0.1) is 67.2 Å². The minimum atomic E-state index is -0.624. The van der Waals surface area contributed by atoms with Crippen molar-refractivity contribution < 1.29 is 14.2 Å². The van der Waals surface area contributed by atoms with Crippen LogP contribution in [0.1, 0.15) is 195 Å². The molecule has 3 aliphatic heterocycles. The van der Waals surface area contributed by atoms with Gasteiger partial charge in [-0.3, -0.25) is 0 Å². The summed E-state index contributed by atoms with van der Waals surface area (Å²) >= 11 is 0. The quantitative estimate of drug-likeness (QED) is 0.0955. The number of fused-ring (bicyclic) bond motifs is 7. The van der Waals surface area contributed by atoms with Gasteiger partial charge in [0.25, 0.3) is 0 Å². The monoisotopic (exact) mass is 1750 g/mol. The highest BCUT2D eigenvalue weighted by molar-refractivity contribution is 5.88. The number of anilines is 12. The Labute approximate surface area is 795 Å². The molecule has 16 aromatic rings. The summed E-state index contributed by atoms with van der Waals surface area (Å²) in [5, 5.41) is 0. The normalized spacial score (nSPS) is 18.1. The molecule has 7 nitrogen and oxygen atoms in total. The zero-order chi connectivity index (χ0) is 92.3. The van der Waals surface area contributed by atoms with E-state index >= 15 is 0 Å². The van der Waals surface area contributed by atoms with Gasteiger partial charge < -0.3 is 33.8 Å². The molecule has 7 heteroatoms. The molecule has 4 atom stereocenters. The predicted octanol–water partition coefficient (Wildman–Crippen LogP) is 35.5. The number of para-hydroxylation sites is 8. The second-order valence-electron chi connectivity index (χ2n) is 40.5. The molecule has 670 valence electrons. The van der Waals surface area contributed by atoms with Crippen LogP contribution in [0.2, 0.25) is 0 Å². The lowest BCUT2D eigenvalue weighted by molar-refractivity contribution is -0.0431. The standard InChI is InChI=1S/C35H35N.C33H35N.C30H27NO.C29H27NO2/c1-23-15-32(36(30-9-5-3-6-10-30)31-11-7-4-8-12-31)16-24(2)35(23)27-13-14-33-28-18-25-17-26(19-28)21-29(20-25)34(33)22-27;1-23-19-28(34(26-13-9-7-10-14-26)27-15-11-8-12-16-27)20-24(2)31(23)25-17-18-29-30(21-25)33(5,6)22-32(29,3)4;1-20-17-25(31(23-9-5-3-6-10-23)24-11-7-4-8-12-24)18-21(2)30(20)22-13-14-26-27(19-22)29-16-15-28(26)32-29;1-20-17-25(30(23-11-7-5-8-12-23)24-13-9-6-10-14-24)18-21(2)28(20)22-15-16-26-27(19-22)32-29(3,4)31-26/h3-16,22,25-26,28-29H,17-21H2,1-2H3;7-21H,22H2,1-6H3;3-14,17-19,28-29H,15-16H2,1-2H3;5-19H,1-4H3. The summed E-state index contributed by atoms with van der Waals surface area (Å²) in [6.07, 6.45) is 11.3. The lowest BCUT2D eigenvalue weighted by Gasteiger charge is -2.38. The van der Waals surface area contributed by atoms with Crippen molar-refractivity contribution in [3.63, 3.8) is 0 Å². The highest BCUT2D eigenvalue weighted by Crippen LogP contribution is 2.59. The molecule has 16 aromatic carbocycles. The number of aryl methyl sites for hydroxylation is 8. The first kappa shape index (κ1) is 88.2. The molecule has 0 aromatic heterocycles. The van der Waals surface area contributed by atoms with Crippen LogP contribution in [0.15, 0.2) is 364 Å². The van der Waals surface area contributed by atoms with Crippen LogP contribution in [-0.4, -0.2) is 5.79 Å². The number of hydrogen-bond acceptors (Lipinski definition) is 7. The van der Waals surface area contributed by atoms with Crippen molar-refractivity contribution in [2.75, 3.05) is 19.6 Å². The molecule has 0 N–H and O–H groups in total. The molecule has 4 unspecified atom stereocenters. The average Bonchev–Trinajstić information content (AvgIpc) is 1.43. The van der Waals surface area contributed by atoms with E-state index in [4.69, 9.17) is 14.2 Å². The van der Waals surface area contributed by atoms with Crippen LogP contribution in [0.4, 0.5) is 68.2 Å². The highest BCUT2D eigenvalue weighted by Gasteiger charge is 2.45. The summed E-state index contributed by atoms with van der Waals surface area (Å²) in [7, 11) is 0. The maximum atomic E-state index is 6.14. The second-order valence-corrected chi connectivity index (χ2v) is 40.5. The molecular weight excluding hydrogens is 1630 g/mol. The van der Waals surface area contributed by atoms with Crippen molar-refractivity contribution in [3.05, 3.63) is 442 Å². The first-order valence-electron chi connectivity index (χ1n) is 48.6. The van der Waals surface area contributed by atoms with E-state index in [1.54, 1.807) is 11.1 Å². The second kappa shape index (κ2) is 36.7. The molecular formula is C127H124N4O3. The Balaban J connectivity index is 0.000000111. The number of ether oxygens (including phenoxy) is 3. The summed E-state index contributed by atoms with van der Waals surface area (Å²) in [6.45, 7) is 31.3. The Kier molecular flexibility index (Phi) is 24.2. The van der Waals surface area contributed by atoms with Crippen LogP contribution in [0.5, 0.6) is 11.5 Å². The number of rotatable bonds is 16. The van der Waals surface area contributed by atoms with E-state index < -0.39 is 5.79 Å². The summed E-state index contributed by atoms with van der Waals surface area (Å²) < 4.78 is 18.0. The van der Waals surface area contributed by atoms with Gasteiger partial charge in [-0.25, -0.2) is 0 Å². The minimum absolute atomic E-state index is 0.202. The van der Waals surface area contributed by atoms with Crippen molar-refractivity contribution in [1.82, 2.24) is 0 Å². The fourth-order valence-corrected chi connectivity index (χ4v) is 24.2. The SMILES string of the molecule is Cc1cc(N(c2ccccc2)c2ccccc2)cc(C)c1-c1ccc2c(c1)C(C)(C)CC2(C)C.Cc1cc(N(c2ccccc2)c2ccccc2)cc(C)c1-c1ccc2c(c1)C1CC3CC(CC2C3)C1.Cc1cc(N(c2ccccc2)c2ccccc2)cc(C)c1-c1ccc2c(c1)C1CCC2O1.Cc1cc(N(c2ccccc2)c2ccccc2)cc(C)c1-c1ccc2c(c1)OC(C)(C)O2. The van der Waals surface area contributed by atoms with E-state index in [0.29, 0.717) is 12.2 Å². The van der Waals surface area contributed by atoms with E-state index in [-0.39, 0.29) is 10.8 Å². The van der Waals surface area contributed by atoms with E-state index in [1.165, 1.54) is 190 Å². The smallest absolute Gasteiger partial charge is 0.246 e. The predicted molar refractivity (Wildman–Crippen MR) is 561 cm³/mol. The lowest BCUT2D eigenvalue weighted by Crippen LogP contribution is -2.29. The Bertz CT molecular complexity index is 6690. The zero-order valence-electron chi connectivity index (χ0n) is 80.3. The van der Waals surface area contributed by atoms with Crippen LogP contribution in [0.3, 0.4) is 0 Å². The van der Waals surface area contributed by atoms with Crippen molar-refractivity contribution in [2.45, 2.75) is 189 Å². The average molecular weight is 1750 g/mol. The van der Waals surface area contributed by atoms with Gasteiger partial charge in [0, 0.05) is 82.1 Å². The third-order valence-electron chi connectivity index (χ3n) is 29.3. The Hall–Kier alpha value is -13.7. The van der Waals surface area contributed by atoms with Crippen LogP contribution < -0.4 is 29.1 Å². The Morgan fingerprint density at radius 2 is 0.500 bits per heavy atom. The fraction of sp³-hybridized carbons (Fsp3) is 0.244. The van der Waals surface area contributed by atoms with Gasteiger partial charge in [0.1, 0.15) is 0 Å². The van der Waals surface area contributed by atoms with Gasteiger partial charge in [0.15, 0.2) is 11.5 Å². The molecule has 0 radical (unpaired) electrons. The summed E-state index contributed by atoms with van der Waals surface area (Å²) in [4.78, 5) is 9.35. The molecule has 0 spiro atoms. The molecule has 5 aliphatic carbocycles. The molecule has 1 saturated heterocycles. The van der Waals surface area contributed by atoms with E-state index in [9.17, 15) is 0 Å². The van der Waals surface area contributed by atoms with Gasteiger partial charge in [-0.1, -0.05) is 228 Å². The van der Waals surface area contributed by atoms with Gasteiger partial charge >= 0.3 is 0 Å². The van der Waals surface area contributed by atoms with E-state index in [0.717, 1.165) is 75.6 Å². The maximum absolute atomic E-state index is 6.14. The zero-order valence-corrected chi connectivity index (χ0v) is 80.3. The Morgan fingerprint density at radius 3 is 0.843 bits per heavy atom. The van der Waals surface area contributed by atoms with Crippen molar-refractivity contribution in [2.24, 2.45) is 11.8 Å². The molecule has 6 bridgehead atoms. The highest BCUT2D eigenvalue weighted by atomic mass is 16.7. The van der Waals surface area contributed by atoms with E-state index in [2.05, 4.69) is 448 Å². The van der Waals surface area contributed by atoms with Crippen LogP contribution in [0.25, 0.3) is 44.5 Å². The van der Waals surface area contributed by atoms with Gasteiger partial charge in [0.05, 0.1) is 12.2 Å². The summed E-state index contributed by atoms with van der Waals surface area (Å²) in [5.74, 6) is 4.49. The summed E-state index contributed by atoms with van der Waals surface area (Å²) in [5.41, 5.74) is 44.5. The maximum Gasteiger partial charge on any atom is 0.246 e. The minimum Gasteiger partial charge on any atom is -0.449 e. The van der Waals surface area contributed by atoms with E-state index in [1.807, 2.05) is 32.0 Å². The molecule has 2 saturated carbocycles. The third kappa shape index (κ3) is 17.7. The fourth-order valence-electron chi connectivity index (χ4n) is 24.2. The molecule has 0 amide bonds. The molecule has 24 rings (SSSR count). The van der Waals surface area contributed by atoms with Crippen LogP contribution >= 0.6 is 0 Å². The van der Waals surface area contributed by atoms with Gasteiger partial charge in [0.2, 0.25) is 5.79 Å². The topological polar surface area (TPSA) is 40.7 Å². The van der Waals surface area contributed by atoms with Crippen molar-refractivity contribution >= 4 is 68.2 Å². The lowest BCUT2D eigenvalue weighted by atomic mass is 9.67. The molecule has 3 heterocycles. The Morgan fingerprint density at radius 1 is 0.231 bits per heavy atom. The number of nitrogens with zero attached hydrogens (tertiary/aromatic N) is 4. The van der Waals surface area contributed by atoms with Gasteiger partial charge in [-0.15, -0.1) is 0 Å². The first-order chi connectivity index (χ1) is 64.9. The molecule has 3 fully saturated rings. The van der Waals surface area contributed by atoms with Crippen LogP contribution in [-0.2, 0) is 15.6 Å². The van der Waals surface area contributed by atoms with Gasteiger partial charge in [-0.2, -0.15) is 0 Å². The van der Waals surface area contributed by atoms with Crippen molar-refractivity contribution in [1.29, 1.82) is 0 Å². The molecule has 8 aliphatic rings. The number of hydrogen-bond donors (Lipinski definition) is 0.